The molecule has 0 saturated carbocycles. The van der Waals surface area contributed by atoms with Crippen LogP contribution in [0, 0.1) is 22.9 Å². The van der Waals surface area contributed by atoms with E-state index < -0.39 is 0 Å². The Kier molecular flexibility index (Phi) is 3.22. The normalized spacial score (nSPS) is 9.65. The smallest absolute Gasteiger partial charge is 0.149 e. The van der Waals surface area contributed by atoms with Crippen molar-refractivity contribution in [3.05, 3.63) is 52.3 Å². The van der Waals surface area contributed by atoms with E-state index in [4.69, 9.17) is 22.2 Å². The van der Waals surface area contributed by atoms with Gasteiger partial charge in [-0.05, 0) is 30.7 Å². The fraction of sp³-hybridized carbons (Fsp3) is 0.0769. The number of benzene rings is 1. The van der Waals surface area contributed by atoms with Gasteiger partial charge in [-0.3, -0.25) is 0 Å². The van der Waals surface area contributed by atoms with Gasteiger partial charge in [0.25, 0.3) is 0 Å². The maximum atomic E-state index is 9.02. The maximum Gasteiger partial charge on any atom is 0.149 e. The molecule has 0 atom stereocenters. The number of aromatic amines is 1. The summed E-state index contributed by atoms with van der Waals surface area (Å²) in [4.78, 5) is 2.80. The van der Waals surface area contributed by atoms with E-state index in [9.17, 15) is 0 Å². The second-order valence-electron chi connectivity index (χ2n) is 3.58. The highest BCUT2D eigenvalue weighted by atomic mass is 32.1. The zero-order chi connectivity index (χ0) is 12.3. The van der Waals surface area contributed by atoms with Gasteiger partial charge < -0.3 is 9.72 Å². The molecule has 0 spiro atoms. The summed E-state index contributed by atoms with van der Waals surface area (Å²) in [6, 6.07) is 11.4. The summed E-state index contributed by atoms with van der Waals surface area (Å²) in [7, 11) is 0. The molecule has 0 bridgehead atoms. The van der Waals surface area contributed by atoms with Gasteiger partial charge in [0, 0.05) is 6.20 Å². The molecule has 0 unspecified atom stereocenters. The van der Waals surface area contributed by atoms with Crippen molar-refractivity contribution in [1.29, 1.82) is 5.26 Å². The standard InChI is InChI=1S/C13H10N2OS/c1-9-3-2-4-10(7-9)16-12-5-6-15-13(17)11(12)8-14/h2-7H,1H3,(H,15,17). The van der Waals surface area contributed by atoms with Crippen molar-refractivity contribution in [3.8, 4) is 17.6 Å². The van der Waals surface area contributed by atoms with E-state index in [1.165, 1.54) is 0 Å². The van der Waals surface area contributed by atoms with Crippen LogP contribution in [-0.4, -0.2) is 4.98 Å². The summed E-state index contributed by atoms with van der Waals surface area (Å²) in [5.74, 6) is 1.17. The highest BCUT2D eigenvalue weighted by Crippen LogP contribution is 2.25. The van der Waals surface area contributed by atoms with E-state index >= 15 is 0 Å². The first-order valence-corrected chi connectivity index (χ1v) is 5.48. The minimum atomic E-state index is 0.351. The lowest BCUT2D eigenvalue weighted by Gasteiger charge is -2.07. The molecule has 4 heteroatoms. The van der Waals surface area contributed by atoms with Gasteiger partial charge in [0.05, 0.1) is 0 Å². The number of aromatic nitrogens is 1. The number of aryl methyl sites for hydroxylation is 1. The Hall–Kier alpha value is -2.12. The number of nitrogens with one attached hydrogen (secondary N) is 1. The summed E-state index contributed by atoms with van der Waals surface area (Å²) < 4.78 is 6.04. The fourth-order valence-electron chi connectivity index (χ4n) is 1.46. The number of hydrogen-bond acceptors (Lipinski definition) is 3. The molecular weight excluding hydrogens is 232 g/mol. The Balaban J connectivity index is 2.41. The van der Waals surface area contributed by atoms with Crippen LogP contribution in [0.4, 0.5) is 0 Å². The topological polar surface area (TPSA) is 48.8 Å². The summed E-state index contributed by atoms with van der Waals surface area (Å²) in [6.45, 7) is 1.98. The Morgan fingerprint density at radius 3 is 2.88 bits per heavy atom. The molecule has 2 aromatic rings. The Bertz CT molecular complexity index is 640. The van der Waals surface area contributed by atoms with Crippen LogP contribution < -0.4 is 4.74 Å². The Morgan fingerprint density at radius 2 is 2.18 bits per heavy atom. The first-order chi connectivity index (χ1) is 8.20. The van der Waals surface area contributed by atoms with Crippen LogP contribution in [0.2, 0.25) is 0 Å². The van der Waals surface area contributed by atoms with Crippen LogP contribution in [-0.2, 0) is 0 Å². The van der Waals surface area contributed by atoms with Crippen LogP contribution in [0.25, 0.3) is 0 Å². The van der Waals surface area contributed by atoms with E-state index in [1.807, 2.05) is 37.3 Å². The van der Waals surface area contributed by atoms with Crippen LogP contribution in [0.5, 0.6) is 11.5 Å². The minimum absolute atomic E-state index is 0.351. The third kappa shape index (κ3) is 2.52. The highest BCUT2D eigenvalue weighted by Gasteiger charge is 2.06. The summed E-state index contributed by atoms with van der Waals surface area (Å²) >= 11 is 5.02. The predicted octanol–water partition coefficient (Wildman–Crippen LogP) is 3.72. The first kappa shape index (κ1) is 11.4. The number of nitrogens with zero attached hydrogens (tertiary/aromatic N) is 1. The molecule has 0 saturated heterocycles. The van der Waals surface area contributed by atoms with Gasteiger partial charge in [-0.25, -0.2) is 0 Å². The molecule has 2 rings (SSSR count). The first-order valence-electron chi connectivity index (χ1n) is 5.07. The predicted molar refractivity (Wildman–Crippen MR) is 67.6 cm³/mol. The molecule has 1 aromatic heterocycles. The molecule has 0 aliphatic heterocycles. The van der Waals surface area contributed by atoms with Crippen LogP contribution in [0.15, 0.2) is 36.5 Å². The van der Waals surface area contributed by atoms with E-state index in [2.05, 4.69) is 4.98 Å². The second kappa shape index (κ2) is 4.81. The van der Waals surface area contributed by atoms with Gasteiger partial charge in [0.1, 0.15) is 27.8 Å². The molecule has 1 N–H and O–H groups in total. The van der Waals surface area contributed by atoms with E-state index in [-0.39, 0.29) is 0 Å². The second-order valence-corrected chi connectivity index (χ2v) is 3.98. The van der Waals surface area contributed by atoms with Crippen molar-refractivity contribution in [2.24, 2.45) is 0 Å². The van der Waals surface area contributed by atoms with Crippen LogP contribution in [0.3, 0.4) is 0 Å². The number of ether oxygens (including phenoxy) is 1. The number of pyridine rings is 1. The molecule has 0 amide bonds. The van der Waals surface area contributed by atoms with Gasteiger partial charge in [0.2, 0.25) is 0 Å². The quantitative estimate of drug-likeness (QED) is 0.816. The van der Waals surface area contributed by atoms with Crippen molar-refractivity contribution in [3.63, 3.8) is 0 Å². The average Bonchev–Trinajstić information content (AvgIpc) is 2.29. The molecule has 1 aromatic carbocycles. The van der Waals surface area contributed by atoms with Crippen molar-refractivity contribution >= 4 is 12.2 Å². The van der Waals surface area contributed by atoms with Gasteiger partial charge in [0.15, 0.2) is 0 Å². The molecule has 17 heavy (non-hydrogen) atoms. The van der Waals surface area contributed by atoms with Crippen molar-refractivity contribution in [1.82, 2.24) is 4.98 Å². The van der Waals surface area contributed by atoms with Crippen LogP contribution in [0.1, 0.15) is 11.1 Å². The van der Waals surface area contributed by atoms with Gasteiger partial charge in [-0.2, -0.15) is 5.26 Å². The number of nitriles is 1. The molecule has 3 nitrogen and oxygen atoms in total. The molecule has 1 heterocycles. The van der Waals surface area contributed by atoms with Crippen molar-refractivity contribution in [2.75, 3.05) is 0 Å². The zero-order valence-electron chi connectivity index (χ0n) is 9.23. The fourth-order valence-corrected chi connectivity index (χ4v) is 1.67. The Labute approximate surface area is 104 Å². The van der Waals surface area contributed by atoms with Crippen LogP contribution >= 0.6 is 12.2 Å². The molecule has 0 fully saturated rings. The molecule has 84 valence electrons. The number of rotatable bonds is 2. The van der Waals surface area contributed by atoms with Gasteiger partial charge >= 0.3 is 0 Å². The van der Waals surface area contributed by atoms with E-state index in [1.54, 1.807) is 12.3 Å². The summed E-state index contributed by atoms with van der Waals surface area (Å²) in [5, 5.41) is 9.02. The maximum absolute atomic E-state index is 9.02. The summed E-state index contributed by atoms with van der Waals surface area (Å²) in [5.41, 5.74) is 1.45. The molecule has 0 aliphatic carbocycles. The monoisotopic (exact) mass is 242 g/mol. The van der Waals surface area contributed by atoms with E-state index in [0.29, 0.717) is 21.7 Å². The number of hydrogen-bond donors (Lipinski definition) is 1. The minimum Gasteiger partial charge on any atom is -0.456 e. The SMILES string of the molecule is Cc1cccc(Oc2cc[nH]c(=S)c2C#N)c1. The molecule has 0 radical (unpaired) electrons. The lowest BCUT2D eigenvalue weighted by atomic mass is 10.2. The third-order valence-electron chi connectivity index (χ3n) is 2.25. The van der Waals surface area contributed by atoms with Gasteiger partial charge in [-0.1, -0.05) is 24.4 Å². The highest BCUT2D eigenvalue weighted by molar-refractivity contribution is 7.71. The molecule has 0 aliphatic rings. The lowest BCUT2D eigenvalue weighted by Crippen LogP contribution is -1.90. The number of H-pyrrole nitrogens is 1. The summed E-state index contributed by atoms with van der Waals surface area (Å²) in [6.07, 6.45) is 1.66. The average molecular weight is 242 g/mol. The lowest BCUT2D eigenvalue weighted by molar-refractivity contribution is 0.479. The zero-order valence-corrected chi connectivity index (χ0v) is 10.0. The Morgan fingerprint density at radius 1 is 1.35 bits per heavy atom. The van der Waals surface area contributed by atoms with Crippen molar-refractivity contribution < 1.29 is 4.74 Å². The van der Waals surface area contributed by atoms with E-state index in [0.717, 1.165) is 5.56 Å². The molecular formula is C13H10N2OS. The largest absolute Gasteiger partial charge is 0.456 e. The van der Waals surface area contributed by atoms with Gasteiger partial charge in [-0.15, -0.1) is 0 Å². The third-order valence-corrected chi connectivity index (χ3v) is 2.57. The van der Waals surface area contributed by atoms with Crippen molar-refractivity contribution in [2.45, 2.75) is 6.92 Å².